The number of ether oxygens (including phenoxy) is 1. The quantitative estimate of drug-likeness (QED) is 0.0252. The molecule has 0 spiro atoms. The van der Waals surface area contributed by atoms with Crippen molar-refractivity contribution in [1.29, 1.82) is 0 Å². The molecule has 39 heteroatoms. The minimum absolute atomic E-state index is 0. The van der Waals surface area contributed by atoms with Crippen LogP contribution >= 0.6 is 97.0 Å². The lowest BCUT2D eigenvalue weighted by Gasteiger charge is -2.35. The van der Waals surface area contributed by atoms with Gasteiger partial charge in [0.2, 0.25) is 17.7 Å². The number of hydrazine groups is 1. The number of thiocarbonyl (C=S) groups is 1. The number of nitrogens with zero attached hydrogens (tertiary/aromatic N) is 3. The Morgan fingerprint density at radius 2 is 0.936 bits per heavy atom. The van der Waals surface area contributed by atoms with Crippen LogP contribution in [0.4, 0.5) is 30.2 Å². The lowest BCUT2D eigenvalue weighted by atomic mass is 10.1. The van der Waals surface area contributed by atoms with Gasteiger partial charge in [-0.05, 0) is 145 Å². The lowest BCUT2D eigenvalue weighted by Crippen LogP contribution is -2.55. The molecule has 94 heavy (non-hydrogen) atoms. The van der Waals surface area contributed by atoms with E-state index in [0.29, 0.717) is 26.4 Å². The summed E-state index contributed by atoms with van der Waals surface area (Å²) >= 11 is 29.0. The van der Waals surface area contributed by atoms with Crippen molar-refractivity contribution in [3.8, 4) is 5.06 Å². The van der Waals surface area contributed by atoms with Crippen molar-refractivity contribution < 1.29 is 71.9 Å². The van der Waals surface area contributed by atoms with Crippen molar-refractivity contribution in [2.24, 2.45) is 5.84 Å². The molecular weight excluding hydrogens is 1500 g/mol. The van der Waals surface area contributed by atoms with Gasteiger partial charge in [-0.1, -0.05) is 70.9 Å². The van der Waals surface area contributed by atoms with Crippen molar-refractivity contribution in [2.45, 2.75) is 98.6 Å². The molecule has 25 nitrogen and oxygen atoms in total. The van der Waals surface area contributed by atoms with E-state index >= 15 is 0 Å². The summed E-state index contributed by atoms with van der Waals surface area (Å²) in [5.74, 6) is 1.40. The number of amides is 3. The number of likely N-dealkylation sites (N-methyl/N-ethyl adjacent to an activating group) is 3. The Morgan fingerprint density at radius 3 is 1.20 bits per heavy atom. The molecule has 0 aliphatic carbocycles. The van der Waals surface area contributed by atoms with Crippen molar-refractivity contribution >= 4 is 180 Å². The number of rotatable bonds is 11. The number of thiophene rings is 3. The van der Waals surface area contributed by atoms with E-state index in [9.17, 15) is 57.6 Å². The van der Waals surface area contributed by atoms with Crippen LogP contribution in [0.15, 0.2) is 94.8 Å². The fourth-order valence-corrected chi connectivity index (χ4v) is 16.0. The van der Waals surface area contributed by atoms with Gasteiger partial charge >= 0.3 is 6.15 Å². The van der Waals surface area contributed by atoms with Gasteiger partial charge in [-0.25, -0.2) is 19.0 Å². The molecule has 3 aromatic carbocycles. The molecule has 3 aromatic heterocycles. The molecular formula is C55H71BrCl3F3N12O13S7. The standard InChI is InChI=1S/C16H15ClFN3O5S2.C16H17ClFN3O3S2.C15H14BrClFN3O3S2.C2H7N3S.C2H6.CO2.3CH4/c1-21-13(16(23)19-9-2-3-11(18)10(17)6-9)7-12(20-28(21,24)25)14-4-5-15(27-14)26-8-22;1-9-3-6-15(25-9)13-8-14(21(2)26(23,24)20-13)16(22)19-10-4-5-12(18)11(17)7-10;1-21-12(15(22)19-8-2-3-10(18)9(17)6-8)7-11(20-26(21,23)24)13-4-5-14(16)25-13;1-4-2(6)5-3;1-2;2-1-3;;;/h2-6,8,12-13,20H,7H2,1H3,(H,19,23);3-7,13-14,20H,8H2,1-2H3,(H,19,22);2-6,11-12,20H,7H2,1H3,(H,19,22);3H2,1H3,(H2,4,5,6);1-2H3;;3*1H4. The zero-order valence-corrected chi connectivity index (χ0v) is 58.1. The number of carbonyl (C=O) groups is 4. The van der Waals surface area contributed by atoms with E-state index in [1.54, 1.807) is 13.1 Å². The van der Waals surface area contributed by atoms with Crippen LogP contribution in [-0.4, -0.2) is 120 Å². The van der Waals surface area contributed by atoms with Crippen molar-refractivity contribution in [1.82, 2.24) is 37.8 Å². The van der Waals surface area contributed by atoms with Gasteiger partial charge in [0.25, 0.3) is 37.1 Å². The highest BCUT2D eigenvalue weighted by molar-refractivity contribution is 9.11. The van der Waals surface area contributed by atoms with Gasteiger partial charge in [0.1, 0.15) is 35.6 Å². The normalized spacial score (nSPS) is 19.8. The first-order valence-corrected chi connectivity index (χ1v) is 35.1. The first-order chi connectivity index (χ1) is 42.8. The summed E-state index contributed by atoms with van der Waals surface area (Å²) < 4.78 is 130. The molecule has 0 radical (unpaired) electrons. The third-order valence-corrected chi connectivity index (χ3v) is 22.6. The molecule has 10 N–H and O–H groups in total. The van der Waals surface area contributed by atoms with Crippen LogP contribution in [-0.2, 0) is 59.4 Å². The summed E-state index contributed by atoms with van der Waals surface area (Å²) in [4.78, 5) is 68.0. The molecule has 3 amide bonds. The first-order valence-electron chi connectivity index (χ1n) is 26.0. The second kappa shape index (κ2) is 39.6. The Balaban J connectivity index is 0.000000643. The van der Waals surface area contributed by atoms with Gasteiger partial charge in [0, 0.05) is 64.8 Å². The van der Waals surface area contributed by atoms with Gasteiger partial charge in [-0.15, -0.1) is 34.0 Å². The predicted octanol–water partition coefficient (Wildman–Crippen LogP) is 10.2. The average molecular weight is 1580 g/mol. The second-order valence-corrected chi connectivity index (χ2v) is 30.3. The minimum atomic E-state index is -3.93. The maximum atomic E-state index is 13.3. The SMILES string of the molecule is C.C.C.CC.CN1C(C(=O)Nc2ccc(F)c(Cl)c2)CC(c2ccc(Br)s2)NS1(=O)=O.CN1C(C(=O)Nc2ccc(F)c(Cl)c2)CC(c2ccc(OC=O)s2)NS1(=O)=O.CNC(=S)NN.Cc1ccc(C2CC(C(=O)Nc3ccc(F)c(Cl)c3)N(C)S(=O)(=O)N2)s1.O=C=O. The third-order valence-electron chi connectivity index (χ3n) is 12.7. The third kappa shape index (κ3) is 24.5. The molecule has 3 aliphatic heterocycles. The molecule has 6 atom stereocenters. The van der Waals surface area contributed by atoms with Gasteiger partial charge in [-0.3, -0.25) is 19.2 Å². The van der Waals surface area contributed by atoms with Crippen molar-refractivity contribution in [2.75, 3.05) is 44.1 Å². The number of nitrogens with two attached hydrogens (primary N) is 1. The Labute approximate surface area is 585 Å². The summed E-state index contributed by atoms with van der Waals surface area (Å²) in [5.41, 5.74) is 3.07. The average Bonchev–Trinajstić information content (AvgIpc) is 1.12. The van der Waals surface area contributed by atoms with Crippen LogP contribution in [0.3, 0.4) is 0 Å². The molecule has 9 rings (SSSR count). The minimum Gasteiger partial charge on any atom is -0.418 e. The molecule has 6 aromatic rings. The summed E-state index contributed by atoms with van der Waals surface area (Å²) in [6.45, 7) is 6.21. The zero-order valence-electron chi connectivity index (χ0n) is 48.6. The summed E-state index contributed by atoms with van der Waals surface area (Å²) in [5, 5.41) is 10.7. The molecule has 6 heterocycles. The number of aryl methyl sites for hydroxylation is 1. The fourth-order valence-electron chi connectivity index (χ4n) is 8.15. The highest BCUT2D eigenvalue weighted by atomic mass is 79.9. The molecule has 0 bridgehead atoms. The lowest BCUT2D eigenvalue weighted by molar-refractivity contribution is -0.191. The summed E-state index contributed by atoms with van der Waals surface area (Å²) in [7, 11) is -5.89. The van der Waals surface area contributed by atoms with Crippen LogP contribution in [0, 0.1) is 24.4 Å². The van der Waals surface area contributed by atoms with Crippen molar-refractivity contribution in [3.05, 3.63) is 147 Å². The first kappa shape index (κ1) is 86.4. The van der Waals surface area contributed by atoms with Crippen LogP contribution < -0.4 is 51.4 Å². The van der Waals surface area contributed by atoms with Gasteiger partial charge < -0.3 is 31.4 Å². The highest BCUT2D eigenvalue weighted by Crippen LogP contribution is 2.38. The summed E-state index contributed by atoms with van der Waals surface area (Å²) in [6, 6.07) is 17.3. The predicted molar refractivity (Wildman–Crippen MR) is 371 cm³/mol. The van der Waals surface area contributed by atoms with Gasteiger partial charge in [0.05, 0.1) is 37.0 Å². The number of hydrogen-bond donors (Lipinski definition) is 9. The van der Waals surface area contributed by atoms with Crippen molar-refractivity contribution in [3.63, 3.8) is 0 Å². The fraction of sp³-hybridized carbons (Fsp3) is 0.345. The van der Waals surface area contributed by atoms with E-state index in [4.69, 9.17) is 55.0 Å². The van der Waals surface area contributed by atoms with Gasteiger partial charge in [-0.2, -0.15) is 61.9 Å². The monoisotopic (exact) mass is 1570 g/mol. The van der Waals surface area contributed by atoms with Crippen LogP contribution in [0.25, 0.3) is 0 Å². The largest absolute Gasteiger partial charge is 0.418 e. The molecule has 3 aliphatic rings. The van der Waals surface area contributed by atoms with E-state index in [1.807, 2.05) is 45.0 Å². The van der Waals surface area contributed by atoms with E-state index in [0.717, 1.165) is 60.9 Å². The number of hydrogen-bond acceptors (Lipinski definition) is 18. The number of nitrogens with one attached hydrogen (secondary N) is 8. The van der Waals surface area contributed by atoms with E-state index in [1.165, 1.54) is 86.3 Å². The van der Waals surface area contributed by atoms with E-state index in [-0.39, 0.29) is 74.9 Å². The maximum absolute atomic E-state index is 13.3. The second-order valence-electron chi connectivity index (χ2n) is 18.5. The molecule has 520 valence electrons. The Hall–Kier alpha value is -5.58. The topological polar surface area (TPSA) is 346 Å². The van der Waals surface area contributed by atoms with Crippen LogP contribution in [0.1, 0.15) is 93.0 Å². The molecule has 0 saturated carbocycles. The number of carbonyl (C=O) groups excluding carboxylic acids is 6. The molecule has 3 fully saturated rings. The Kier molecular flexibility index (Phi) is 36.4. The molecule has 6 unspecified atom stereocenters. The summed E-state index contributed by atoms with van der Waals surface area (Å²) in [6.07, 6.45) is 0.914. The van der Waals surface area contributed by atoms with Crippen LogP contribution in [0.5, 0.6) is 5.06 Å². The number of benzene rings is 3. The smallest absolute Gasteiger partial charge is 0.373 e. The maximum Gasteiger partial charge on any atom is 0.373 e. The Bertz CT molecular complexity index is 3770. The van der Waals surface area contributed by atoms with Gasteiger partial charge in [0.15, 0.2) is 10.2 Å². The molecule has 3 saturated heterocycles. The Morgan fingerprint density at radius 1 is 0.617 bits per heavy atom. The highest BCUT2D eigenvalue weighted by Gasteiger charge is 2.44. The van der Waals surface area contributed by atoms with Crippen LogP contribution in [0.2, 0.25) is 15.1 Å². The van der Waals surface area contributed by atoms with E-state index in [2.05, 4.69) is 69.0 Å². The number of halogens is 7. The zero-order chi connectivity index (χ0) is 68.3. The number of anilines is 3. The van der Waals surface area contributed by atoms with E-state index < -0.39 is 102 Å².